The average molecular weight is 416 g/mol. The van der Waals surface area contributed by atoms with Gasteiger partial charge in [-0.05, 0) is 36.7 Å². The molecule has 2 aliphatic rings. The molecule has 0 unspecified atom stereocenters. The highest BCUT2D eigenvalue weighted by molar-refractivity contribution is 5.69. The molecule has 8 heteroatoms. The van der Waals surface area contributed by atoms with E-state index in [9.17, 15) is 0 Å². The zero-order chi connectivity index (χ0) is 21.0. The summed E-state index contributed by atoms with van der Waals surface area (Å²) in [5.74, 6) is 0.633. The second-order valence-corrected chi connectivity index (χ2v) is 7.86. The minimum atomic E-state index is 0.0215. The van der Waals surface area contributed by atoms with Crippen molar-refractivity contribution in [2.75, 3.05) is 38.2 Å². The third-order valence-electron chi connectivity index (χ3n) is 5.62. The second kappa shape index (κ2) is 8.76. The lowest BCUT2D eigenvalue weighted by Gasteiger charge is -2.27. The summed E-state index contributed by atoms with van der Waals surface area (Å²) in [6, 6.07) is 12.3. The molecular formula is C23H24N6O2. The first kappa shape index (κ1) is 19.5. The van der Waals surface area contributed by atoms with Gasteiger partial charge in [-0.3, -0.25) is 4.68 Å². The minimum absolute atomic E-state index is 0.0215. The Kier molecular flexibility index (Phi) is 5.52. The van der Waals surface area contributed by atoms with Crippen molar-refractivity contribution in [2.24, 2.45) is 0 Å². The molecule has 2 N–H and O–H groups in total. The molecule has 1 aromatic carbocycles. The Morgan fingerprint density at radius 1 is 1.19 bits per heavy atom. The lowest BCUT2D eigenvalue weighted by molar-refractivity contribution is -0.0286. The number of nitriles is 1. The van der Waals surface area contributed by atoms with Gasteiger partial charge in [-0.15, -0.1) is 0 Å². The summed E-state index contributed by atoms with van der Waals surface area (Å²) in [7, 11) is 0. The van der Waals surface area contributed by atoms with Crippen LogP contribution in [0.25, 0.3) is 11.1 Å². The predicted molar refractivity (Wildman–Crippen MR) is 116 cm³/mol. The molecule has 158 valence electrons. The van der Waals surface area contributed by atoms with Crippen LogP contribution in [0.15, 0.2) is 48.9 Å². The Morgan fingerprint density at radius 2 is 2.06 bits per heavy atom. The van der Waals surface area contributed by atoms with Gasteiger partial charge in [0.15, 0.2) is 0 Å². The van der Waals surface area contributed by atoms with Crippen LogP contribution in [-0.4, -0.2) is 53.7 Å². The van der Waals surface area contributed by atoms with Gasteiger partial charge in [-0.2, -0.15) is 10.4 Å². The van der Waals surface area contributed by atoms with Gasteiger partial charge in [0.25, 0.3) is 0 Å². The number of hydrogen-bond donors (Lipinski definition) is 2. The van der Waals surface area contributed by atoms with Crippen molar-refractivity contribution in [1.29, 1.82) is 5.26 Å². The van der Waals surface area contributed by atoms with Gasteiger partial charge in [0.1, 0.15) is 6.10 Å². The van der Waals surface area contributed by atoms with Gasteiger partial charge >= 0.3 is 0 Å². The maximum atomic E-state index is 8.87. The number of benzene rings is 1. The van der Waals surface area contributed by atoms with Crippen LogP contribution in [0, 0.1) is 11.3 Å². The van der Waals surface area contributed by atoms with Gasteiger partial charge in [-0.25, -0.2) is 4.98 Å². The van der Waals surface area contributed by atoms with E-state index in [-0.39, 0.29) is 6.10 Å². The molecule has 0 spiro atoms. The Morgan fingerprint density at radius 3 is 2.84 bits per heavy atom. The summed E-state index contributed by atoms with van der Waals surface area (Å²) in [5, 5.41) is 20.2. The van der Waals surface area contributed by atoms with E-state index in [1.54, 1.807) is 0 Å². The zero-order valence-electron chi connectivity index (χ0n) is 17.1. The molecule has 4 heterocycles. The number of anilines is 1. The monoisotopic (exact) mass is 416 g/mol. The van der Waals surface area contributed by atoms with Crippen LogP contribution in [0.3, 0.4) is 0 Å². The lowest BCUT2D eigenvalue weighted by Crippen LogP contribution is -2.40. The van der Waals surface area contributed by atoms with Crippen molar-refractivity contribution in [1.82, 2.24) is 20.1 Å². The molecule has 0 saturated carbocycles. The summed E-state index contributed by atoms with van der Waals surface area (Å²) < 4.78 is 13.3. The van der Waals surface area contributed by atoms with Crippen LogP contribution in [0.1, 0.15) is 17.2 Å². The smallest absolute Gasteiger partial charge is 0.237 e. The highest BCUT2D eigenvalue weighted by Gasteiger charge is 2.23. The summed E-state index contributed by atoms with van der Waals surface area (Å²) in [4.78, 5) is 4.53. The molecule has 31 heavy (non-hydrogen) atoms. The van der Waals surface area contributed by atoms with Gasteiger partial charge < -0.3 is 20.1 Å². The summed E-state index contributed by atoms with van der Waals surface area (Å²) >= 11 is 0. The van der Waals surface area contributed by atoms with Gasteiger partial charge in [0.05, 0.1) is 49.3 Å². The normalized spacial score (nSPS) is 17.7. The van der Waals surface area contributed by atoms with Crippen molar-refractivity contribution in [3.63, 3.8) is 0 Å². The van der Waals surface area contributed by atoms with Crippen molar-refractivity contribution >= 4 is 5.69 Å². The first-order chi connectivity index (χ1) is 15.3. The molecule has 0 amide bonds. The van der Waals surface area contributed by atoms with Crippen LogP contribution in [0.2, 0.25) is 0 Å². The Balaban J connectivity index is 1.13. The van der Waals surface area contributed by atoms with Gasteiger partial charge in [-0.1, -0.05) is 12.1 Å². The van der Waals surface area contributed by atoms with Crippen LogP contribution in [-0.2, 0) is 11.2 Å². The molecule has 1 fully saturated rings. The number of ether oxygens (including phenoxy) is 2. The van der Waals surface area contributed by atoms with Gasteiger partial charge in [0.2, 0.25) is 5.88 Å². The average Bonchev–Trinajstić information content (AvgIpc) is 3.25. The van der Waals surface area contributed by atoms with E-state index in [0.29, 0.717) is 17.5 Å². The third kappa shape index (κ3) is 4.38. The van der Waals surface area contributed by atoms with Crippen molar-refractivity contribution < 1.29 is 9.47 Å². The van der Waals surface area contributed by atoms with Crippen molar-refractivity contribution in [3.05, 3.63) is 60.0 Å². The number of aromatic nitrogens is 3. The summed E-state index contributed by atoms with van der Waals surface area (Å²) in [5.41, 5.74) is 4.86. The van der Waals surface area contributed by atoms with Crippen molar-refractivity contribution in [2.45, 2.75) is 18.6 Å². The molecule has 2 aromatic heterocycles. The van der Waals surface area contributed by atoms with Crippen LogP contribution in [0.4, 0.5) is 5.69 Å². The molecule has 0 radical (unpaired) electrons. The predicted octanol–water partition coefficient (Wildman–Crippen LogP) is 2.39. The van der Waals surface area contributed by atoms with E-state index in [1.165, 1.54) is 5.56 Å². The number of pyridine rings is 1. The van der Waals surface area contributed by atoms with E-state index < -0.39 is 0 Å². The molecular weight excluding hydrogens is 392 g/mol. The molecule has 1 saturated heterocycles. The quantitative estimate of drug-likeness (QED) is 0.571. The molecule has 3 aromatic rings. The third-order valence-corrected chi connectivity index (χ3v) is 5.62. The molecule has 1 atom stereocenters. The van der Waals surface area contributed by atoms with E-state index in [2.05, 4.69) is 32.9 Å². The SMILES string of the molecule is N#Cc1ccc(CCNC[C@@H]2CNc3cc(-c4cnn(C5COC5)c4)cnc3O2)cc1. The molecule has 2 aliphatic heterocycles. The maximum absolute atomic E-state index is 8.87. The highest BCUT2D eigenvalue weighted by atomic mass is 16.5. The fraction of sp³-hybridized carbons (Fsp3) is 0.348. The Bertz CT molecular complexity index is 1080. The standard InChI is InChI=1S/C23H24N6O2/c24-8-17-3-1-16(2-4-17)5-6-25-11-21-12-26-22-7-18(9-27-23(22)31-21)19-10-28-29(13-19)20-14-30-15-20/h1-4,7,9-10,13,20-21,25-26H,5-6,11-12,14-15H2/t21-/m1/s1. The topological polar surface area (TPSA) is 97.0 Å². The van der Waals surface area contributed by atoms with E-state index in [0.717, 1.165) is 56.1 Å². The largest absolute Gasteiger partial charge is 0.470 e. The second-order valence-electron chi connectivity index (χ2n) is 7.86. The first-order valence-electron chi connectivity index (χ1n) is 10.5. The summed E-state index contributed by atoms with van der Waals surface area (Å²) in [6.07, 6.45) is 6.67. The highest BCUT2D eigenvalue weighted by Crippen LogP contribution is 2.31. The van der Waals surface area contributed by atoms with Crippen LogP contribution < -0.4 is 15.4 Å². The van der Waals surface area contributed by atoms with Crippen molar-refractivity contribution in [3.8, 4) is 23.1 Å². The van der Waals surface area contributed by atoms with E-state index >= 15 is 0 Å². The van der Waals surface area contributed by atoms with E-state index in [1.807, 2.05) is 47.5 Å². The zero-order valence-corrected chi connectivity index (χ0v) is 17.1. The van der Waals surface area contributed by atoms with Crippen LogP contribution in [0.5, 0.6) is 5.88 Å². The first-order valence-corrected chi connectivity index (χ1v) is 10.5. The number of hydrogen-bond acceptors (Lipinski definition) is 7. The van der Waals surface area contributed by atoms with Gasteiger partial charge in [0, 0.05) is 30.1 Å². The van der Waals surface area contributed by atoms with Crippen LogP contribution >= 0.6 is 0 Å². The maximum Gasteiger partial charge on any atom is 0.237 e. The fourth-order valence-corrected chi connectivity index (χ4v) is 3.67. The molecule has 0 bridgehead atoms. The molecule has 5 rings (SSSR count). The number of fused-ring (bicyclic) bond motifs is 1. The lowest BCUT2D eigenvalue weighted by atomic mass is 10.1. The number of nitrogens with one attached hydrogen (secondary N) is 2. The number of rotatable bonds is 7. The Hall–Kier alpha value is -3.41. The number of nitrogens with zero attached hydrogens (tertiary/aromatic N) is 4. The Labute approximate surface area is 180 Å². The fourth-order valence-electron chi connectivity index (χ4n) is 3.67. The molecule has 8 nitrogen and oxygen atoms in total. The molecule has 0 aliphatic carbocycles. The van der Waals surface area contributed by atoms with E-state index in [4.69, 9.17) is 14.7 Å². The minimum Gasteiger partial charge on any atom is -0.470 e. The summed E-state index contributed by atoms with van der Waals surface area (Å²) in [6.45, 7) is 3.76.